The van der Waals surface area contributed by atoms with Gasteiger partial charge in [0.15, 0.2) is 5.96 Å². The van der Waals surface area contributed by atoms with Crippen molar-refractivity contribution < 1.29 is 4.74 Å². The summed E-state index contributed by atoms with van der Waals surface area (Å²) in [6.45, 7) is 3.65. The maximum atomic E-state index is 5.98. The second-order valence-corrected chi connectivity index (χ2v) is 7.78. The first-order valence-corrected chi connectivity index (χ1v) is 10.7. The zero-order valence-corrected chi connectivity index (χ0v) is 20.0. The Hall–Kier alpha value is -2.03. The van der Waals surface area contributed by atoms with Gasteiger partial charge in [0.25, 0.3) is 0 Å². The zero-order chi connectivity index (χ0) is 19.9. The molecule has 30 heavy (non-hydrogen) atoms. The van der Waals surface area contributed by atoms with Gasteiger partial charge in [-0.3, -0.25) is 4.99 Å². The highest BCUT2D eigenvalue weighted by atomic mass is 127. The molecule has 2 N–H and O–H groups in total. The number of pyridine rings is 1. The number of nitrogens with one attached hydrogen (secondary N) is 2. The van der Waals surface area contributed by atoms with Crippen LogP contribution in [-0.2, 0) is 13.0 Å². The molecule has 3 heterocycles. The van der Waals surface area contributed by atoms with E-state index in [1.54, 1.807) is 7.05 Å². The molecular formula is C23H32IN5O. The van der Waals surface area contributed by atoms with E-state index >= 15 is 0 Å². The highest BCUT2D eigenvalue weighted by Crippen LogP contribution is 2.27. The minimum absolute atomic E-state index is 0. The van der Waals surface area contributed by atoms with Crippen LogP contribution in [0.25, 0.3) is 0 Å². The van der Waals surface area contributed by atoms with E-state index in [1.807, 2.05) is 18.3 Å². The van der Waals surface area contributed by atoms with Gasteiger partial charge in [-0.25, -0.2) is 4.98 Å². The number of rotatable bonds is 5. The van der Waals surface area contributed by atoms with Crippen LogP contribution in [0.4, 0.5) is 5.82 Å². The molecular weight excluding hydrogens is 489 g/mol. The number of fused-ring (bicyclic) bond motifs is 1. The fourth-order valence-corrected chi connectivity index (χ4v) is 3.99. The molecule has 0 amide bonds. The van der Waals surface area contributed by atoms with E-state index < -0.39 is 0 Å². The number of benzene rings is 1. The van der Waals surface area contributed by atoms with Crippen LogP contribution in [0.15, 0.2) is 47.6 Å². The van der Waals surface area contributed by atoms with Gasteiger partial charge in [0.1, 0.15) is 17.7 Å². The Kier molecular flexibility index (Phi) is 8.60. The molecule has 7 heteroatoms. The standard InChI is InChI=1S/C23H31N5O.HI/c1-24-23(27-17-20-14-19-8-4-5-9-21(19)29-20)26-16-18-10-11-22(25-15-18)28-12-6-2-3-7-13-28;/h4-5,8-11,15,20H,2-3,6-7,12-14,16-17H2,1H3,(H2,24,26,27);1H. The number of anilines is 1. The fraction of sp³-hybridized carbons (Fsp3) is 0.478. The molecule has 1 aromatic carbocycles. The van der Waals surface area contributed by atoms with Crippen molar-refractivity contribution in [3.05, 3.63) is 53.7 Å². The minimum atomic E-state index is 0. The maximum Gasteiger partial charge on any atom is 0.191 e. The number of aromatic nitrogens is 1. The van der Waals surface area contributed by atoms with Crippen molar-refractivity contribution in [1.29, 1.82) is 0 Å². The van der Waals surface area contributed by atoms with Crippen LogP contribution in [0.2, 0.25) is 0 Å². The Bertz CT molecular complexity index is 794. The van der Waals surface area contributed by atoms with Gasteiger partial charge in [-0.15, -0.1) is 24.0 Å². The van der Waals surface area contributed by atoms with Crippen LogP contribution in [0.5, 0.6) is 5.75 Å². The van der Waals surface area contributed by atoms with Crippen LogP contribution >= 0.6 is 24.0 Å². The van der Waals surface area contributed by atoms with Crippen LogP contribution < -0.4 is 20.3 Å². The quantitative estimate of drug-likeness (QED) is 0.357. The Morgan fingerprint density at radius 1 is 1.10 bits per heavy atom. The number of ether oxygens (including phenoxy) is 1. The summed E-state index contributed by atoms with van der Waals surface area (Å²) in [7, 11) is 1.79. The van der Waals surface area contributed by atoms with Crippen LogP contribution in [0, 0.1) is 0 Å². The lowest BCUT2D eigenvalue weighted by atomic mass is 10.1. The van der Waals surface area contributed by atoms with Gasteiger partial charge < -0.3 is 20.3 Å². The summed E-state index contributed by atoms with van der Waals surface area (Å²) < 4.78 is 5.98. The lowest BCUT2D eigenvalue weighted by molar-refractivity contribution is 0.235. The Labute approximate surface area is 196 Å². The van der Waals surface area contributed by atoms with E-state index in [0.29, 0.717) is 6.54 Å². The molecule has 1 saturated heterocycles. The van der Waals surface area contributed by atoms with E-state index in [-0.39, 0.29) is 30.1 Å². The van der Waals surface area contributed by atoms with E-state index in [9.17, 15) is 0 Å². The normalized spacial score (nSPS) is 18.6. The van der Waals surface area contributed by atoms with Crippen molar-refractivity contribution in [2.75, 3.05) is 31.6 Å². The monoisotopic (exact) mass is 521 g/mol. The van der Waals surface area contributed by atoms with Gasteiger partial charge in [0.05, 0.1) is 6.54 Å². The van der Waals surface area contributed by atoms with Crippen molar-refractivity contribution in [3.63, 3.8) is 0 Å². The highest BCUT2D eigenvalue weighted by Gasteiger charge is 2.22. The third-order valence-electron chi connectivity index (χ3n) is 5.63. The lowest BCUT2D eigenvalue weighted by Crippen LogP contribution is -2.41. The van der Waals surface area contributed by atoms with Crippen molar-refractivity contribution in [2.24, 2.45) is 4.99 Å². The van der Waals surface area contributed by atoms with Gasteiger partial charge >= 0.3 is 0 Å². The molecule has 4 rings (SSSR count). The number of nitrogens with zero attached hydrogens (tertiary/aromatic N) is 3. The molecule has 2 aliphatic heterocycles. The molecule has 1 aromatic heterocycles. The summed E-state index contributed by atoms with van der Waals surface area (Å²) >= 11 is 0. The first-order chi connectivity index (χ1) is 14.3. The number of para-hydroxylation sites is 1. The molecule has 0 radical (unpaired) electrons. The Morgan fingerprint density at radius 3 is 2.60 bits per heavy atom. The van der Waals surface area contributed by atoms with E-state index in [1.165, 1.54) is 31.2 Å². The Morgan fingerprint density at radius 2 is 1.90 bits per heavy atom. The van der Waals surface area contributed by atoms with Crippen LogP contribution in [0.3, 0.4) is 0 Å². The molecule has 0 bridgehead atoms. The van der Waals surface area contributed by atoms with Crippen molar-refractivity contribution in [1.82, 2.24) is 15.6 Å². The first kappa shape index (κ1) is 22.7. The van der Waals surface area contributed by atoms with Gasteiger partial charge in [0.2, 0.25) is 0 Å². The highest BCUT2D eigenvalue weighted by molar-refractivity contribution is 14.0. The zero-order valence-electron chi connectivity index (χ0n) is 17.6. The number of hydrogen-bond acceptors (Lipinski definition) is 4. The summed E-state index contributed by atoms with van der Waals surface area (Å²) in [6, 6.07) is 12.5. The molecule has 0 aliphatic carbocycles. The number of halogens is 1. The number of guanidine groups is 1. The summed E-state index contributed by atoms with van der Waals surface area (Å²) in [5.74, 6) is 2.87. The van der Waals surface area contributed by atoms with E-state index in [2.05, 4.69) is 49.8 Å². The average Bonchev–Trinajstić information content (AvgIpc) is 2.98. The van der Waals surface area contributed by atoms with Crippen molar-refractivity contribution in [2.45, 2.75) is 44.8 Å². The second kappa shape index (κ2) is 11.4. The van der Waals surface area contributed by atoms with Gasteiger partial charge in [-0.05, 0) is 36.1 Å². The molecule has 1 fully saturated rings. The molecule has 0 spiro atoms. The van der Waals surface area contributed by atoms with E-state index in [4.69, 9.17) is 4.74 Å². The Balaban J connectivity index is 0.00000256. The summed E-state index contributed by atoms with van der Waals surface area (Å²) in [4.78, 5) is 11.4. The average molecular weight is 521 g/mol. The van der Waals surface area contributed by atoms with Crippen molar-refractivity contribution in [3.8, 4) is 5.75 Å². The van der Waals surface area contributed by atoms with Crippen molar-refractivity contribution >= 4 is 35.8 Å². The summed E-state index contributed by atoms with van der Waals surface area (Å²) in [5, 5.41) is 6.74. The molecule has 162 valence electrons. The SMILES string of the molecule is CN=C(NCc1ccc(N2CCCCCC2)nc1)NCC1Cc2ccccc2O1.I. The molecule has 2 aliphatic rings. The third-order valence-corrected chi connectivity index (χ3v) is 5.63. The predicted octanol–water partition coefficient (Wildman–Crippen LogP) is 3.75. The third kappa shape index (κ3) is 6.00. The van der Waals surface area contributed by atoms with Crippen LogP contribution in [0.1, 0.15) is 36.8 Å². The minimum Gasteiger partial charge on any atom is -0.488 e. The van der Waals surface area contributed by atoms with Gasteiger partial charge in [-0.1, -0.05) is 37.1 Å². The van der Waals surface area contributed by atoms with E-state index in [0.717, 1.165) is 49.1 Å². The van der Waals surface area contributed by atoms with Gasteiger partial charge in [-0.2, -0.15) is 0 Å². The summed E-state index contributed by atoms with van der Waals surface area (Å²) in [6.07, 6.45) is 8.25. The molecule has 1 atom stereocenters. The number of hydrogen-bond donors (Lipinski definition) is 2. The lowest BCUT2D eigenvalue weighted by Gasteiger charge is -2.21. The maximum absolute atomic E-state index is 5.98. The topological polar surface area (TPSA) is 61.8 Å². The summed E-state index contributed by atoms with van der Waals surface area (Å²) in [5.41, 5.74) is 2.42. The predicted molar refractivity (Wildman–Crippen MR) is 133 cm³/mol. The molecule has 1 unspecified atom stereocenters. The molecule has 0 saturated carbocycles. The fourth-order valence-electron chi connectivity index (χ4n) is 3.99. The largest absolute Gasteiger partial charge is 0.488 e. The molecule has 2 aromatic rings. The second-order valence-electron chi connectivity index (χ2n) is 7.78. The van der Waals surface area contributed by atoms with Crippen LogP contribution in [-0.4, -0.2) is 43.7 Å². The number of aliphatic imine (C=N–C) groups is 1. The first-order valence-electron chi connectivity index (χ1n) is 10.7. The smallest absolute Gasteiger partial charge is 0.191 e. The van der Waals surface area contributed by atoms with Gasteiger partial charge in [0, 0.05) is 39.3 Å². The molecule has 6 nitrogen and oxygen atoms in total.